The van der Waals surface area contributed by atoms with Crippen molar-refractivity contribution in [2.24, 2.45) is 5.73 Å². The Hall–Kier alpha value is -1.73. The van der Waals surface area contributed by atoms with Crippen molar-refractivity contribution in [3.8, 4) is 0 Å². The van der Waals surface area contributed by atoms with Crippen LogP contribution in [0.25, 0.3) is 0 Å². The number of nitrogens with zero attached hydrogens (tertiary/aromatic N) is 2. The van der Waals surface area contributed by atoms with Gasteiger partial charge in [0.05, 0.1) is 43.8 Å². The smallest absolute Gasteiger partial charge is 0.308 e. The van der Waals surface area contributed by atoms with Crippen molar-refractivity contribution in [3.63, 3.8) is 0 Å². The third-order valence-corrected chi connectivity index (χ3v) is 3.34. The number of morpholine rings is 1. The van der Waals surface area contributed by atoms with E-state index < -0.39 is 0 Å². The summed E-state index contributed by atoms with van der Waals surface area (Å²) in [7, 11) is 1.38. The number of methoxy groups -OCH3 is 1. The van der Waals surface area contributed by atoms with E-state index in [1.54, 1.807) is 12.3 Å². The van der Waals surface area contributed by atoms with Crippen LogP contribution in [0.2, 0.25) is 0 Å². The molecule has 0 aliphatic carbocycles. The highest BCUT2D eigenvalue weighted by Crippen LogP contribution is 2.18. The van der Waals surface area contributed by atoms with Gasteiger partial charge in [-0.25, -0.2) is 0 Å². The maximum atomic E-state index is 11.3. The fourth-order valence-corrected chi connectivity index (χ4v) is 2.19. The van der Waals surface area contributed by atoms with E-state index in [4.69, 9.17) is 22.7 Å². The second kappa shape index (κ2) is 6.62. The first kappa shape index (κ1) is 14.7. The third-order valence-electron chi connectivity index (χ3n) is 3.13. The molecule has 1 aromatic heterocycles. The molecule has 0 aromatic carbocycles. The summed E-state index contributed by atoms with van der Waals surface area (Å²) in [4.78, 5) is 17.9. The standard InChI is InChI=1S/C13H17N3O3S/c1-18-12(17)6-10-8-16(4-5-19-10)9-2-3-11(13(14)20)15-7-9/h2-3,7,10H,4-6,8H2,1H3,(H2,14,20). The van der Waals surface area contributed by atoms with Crippen molar-refractivity contribution < 1.29 is 14.3 Å². The molecule has 2 rings (SSSR count). The van der Waals surface area contributed by atoms with Crippen LogP contribution in [0.4, 0.5) is 5.69 Å². The molecular weight excluding hydrogens is 278 g/mol. The number of carbonyl (C=O) groups excluding carboxylic acids is 1. The Morgan fingerprint density at radius 3 is 3.05 bits per heavy atom. The molecule has 1 fully saturated rings. The Morgan fingerprint density at radius 1 is 1.65 bits per heavy atom. The minimum absolute atomic E-state index is 0.161. The number of pyridine rings is 1. The van der Waals surface area contributed by atoms with Gasteiger partial charge in [-0.2, -0.15) is 0 Å². The van der Waals surface area contributed by atoms with Crippen molar-refractivity contribution in [3.05, 3.63) is 24.0 Å². The zero-order valence-electron chi connectivity index (χ0n) is 11.2. The van der Waals surface area contributed by atoms with Gasteiger partial charge in [-0.1, -0.05) is 12.2 Å². The lowest BCUT2D eigenvalue weighted by molar-refractivity contribution is -0.144. The molecule has 1 atom stereocenters. The Kier molecular flexibility index (Phi) is 4.86. The van der Waals surface area contributed by atoms with Gasteiger partial charge in [-0.3, -0.25) is 9.78 Å². The van der Waals surface area contributed by atoms with Gasteiger partial charge >= 0.3 is 5.97 Å². The van der Waals surface area contributed by atoms with Crippen LogP contribution in [0.5, 0.6) is 0 Å². The third kappa shape index (κ3) is 3.64. The molecule has 0 spiro atoms. The first-order chi connectivity index (χ1) is 9.60. The summed E-state index contributed by atoms with van der Waals surface area (Å²) in [6.07, 6.45) is 1.83. The Morgan fingerprint density at radius 2 is 2.45 bits per heavy atom. The number of rotatable bonds is 4. The molecule has 0 saturated carbocycles. The molecular formula is C13H17N3O3S. The Bertz CT molecular complexity index is 492. The Labute approximate surface area is 122 Å². The molecule has 2 heterocycles. The van der Waals surface area contributed by atoms with Gasteiger partial charge in [0.25, 0.3) is 0 Å². The number of esters is 1. The van der Waals surface area contributed by atoms with Crippen LogP contribution in [0.3, 0.4) is 0 Å². The normalized spacial score (nSPS) is 18.6. The number of aromatic nitrogens is 1. The monoisotopic (exact) mass is 295 g/mol. The summed E-state index contributed by atoms with van der Waals surface area (Å²) in [6.45, 7) is 1.95. The average molecular weight is 295 g/mol. The lowest BCUT2D eigenvalue weighted by atomic mass is 10.2. The van der Waals surface area contributed by atoms with E-state index in [2.05, 4.69) is 14.6 Å². The largest absolute Gasteiger partial charge is 0.469 e. The molecule has 1 saturated heterocycles. The van der Waals surface area contributed by atoms with Gasteiger partial charge in [-0.05, 0) is 12.1 Å². The quantitative estimate of drug-likeness (QED) is 0.639. The van der Waals surface area contributed by atoms with E-state index in [0.717, 1.165) is 12.2 Å². The van der Waals surface area contributed by atoms with Gasteiger partial charge in [-0.15, -0.1) is 0 Å². The molecule has 1 aliphatic heterocycles. The predicted molar refractivity (Wildman–Crippen MR) is 78.7 cm³/mol. The fraction of sp³-hybridized carbons (Fsp3) is 0.462. The van der Waals surface area contributed by atoms with Gasteiger partial charge in [0.15, 0.2) is 0 Å². The summed E-state index contributed by atoms with van der Waals surface area (Å²) in [6, 6.07) is 3.71. The highest BCUT2D eigenvalue weighted by molar-refractivity contribution is 7.80. The maximum absolute atomic E-state index is 11.3. The zero-order chi connectivity index (χ0) is 14.5. The van der Waals surface area contributed by atoms with E-state index in [-0.39, 0.29) is 23.5 Å². The maximum Gasteiger partial charge on any atom is 0.308 e. The molecule has 0 amide bonds. The molecule has 0 radical (unpaired) electrons. The van der Waals surface area contributed by atoms with Crippen LogP contribution in [0.15, 0.2) is 18.3 Å². The summed E-state index contributed by atoms with van der Waals surface area (Å²) in [5.74, 6) is -0.265. The van der Waals surface area contributed by atoms with Gasteiger partial charge < -0.3 is 20.1 Å². The second-order valence-corrected chi connectivity index (χ2v) is 4.92. The highest BCUT2D eigenvalue weighted by Gasteiger charge is 2.23. The summed E-state index contributed by atoms with van der Waals surface area (Å²) >= 11 is 4.87. The number of hydrogen-bond donors (Lipinski definition) is 1. The number of hydrogen-bond acceptors (Lipinski definition) is 6. The van der Waals surface area contributed by atoms with Crippen molar-refractivity contribution >= 4 is 28.9 Å². The molecule has 7 heteroatoms. The first-order valence-corrected chi connectivity index (χ1v) is 6.70. The predicted octanol–water partition coefficient (Wildman–Crippen LogP) is 0.484. The van der Waals surface area contributed by atoms with Crippen LogP contribution in [-0.4, -0.2) is 48.9 Å². The number of thiocarbonyl (C=S) groups is 1. The lowest BCUT2D eigenvalue weighted by Gasteiger charge is -2.33. The number of ether oxygens (including phenoxy) is 2. The molecule has 0 bridgehead atoms. The second-order valence-electron chi connectivity index (χ2n) is 4.48. The van der Waals surface area contributed by atoms with Gasteiger partial charge in [0.2, 0.25) is 0 Å². The molecule has 1 unspecified atom stereocenters. The van der Waals surface area contributed by atoms with E-state index in [9.17, 15) is 4.79 Å². The van der Waals surface area contributed by atoms with E-state index in [1.165, 1.54) is 7.11 Å². The minimum Gasteiger partial charge on any atom is -0.469 e. The molecule has 6 nitrogen and oxygen atoms in total. The van der Waals surface area contributed by atoms with Crippen LogP contribution in [0, 0.1) is 0 Å². The van der Waals surface area contributed by atoms with Crippen LogP contribution in [0.1, 0.15) is 12.1 Å². The number of carbonyl (C=O) groups is 1. The summed E-state index contributed by atoms with van der Waals surface area (Å²) < 4.78 is 10.2. The van der Waals surface area contributed by atoms with Crippen molar-refractivity contribution in [2.75, 3.05) is 31.7 Å². The first-order valence-electron chi connectivity index (χ1n) is 6.29. The van der Waals surface area contributed by atoms with Crippen LogP contribution >= 0.6 is 12.2 Å². The summed E-state index contributed by atoms with van der Waals surface area (Å²) in [5, 5.41) is 0. The Balaban J connectivity index is 2.01. The molecule has 2 N–H and O–H groups in total. The van der Waals surface area contributed by atoms with Crippen molar-refractivity contribution in [1.82, 2.24) is 4.98 Å². The minimum atomic E-state index is -0.265. The van der Waals surface area contributed by atoms with Crippen molar-refractivity contribution in [1.29, 1.82) is 0 Å². The molecule has 108 valence electrons. The van der Waals surface area contributed by atoms with Crippen molar-refractivity contribution in [2.45, 2.75) is 12.5 Å². The van der Waals surface area contributed by atoms with Gasteiger partial charge in [0, 0.05) is 13.1 Å². The van der Waals surface area contributed by atoms with E-state index in [1.807, 2.05) is 6.07 Å². The fourth-order valence-electron chi connectivity index (χ4n) is 2.07. The number of anilines is 1. The average Bonchev–Trinajstić information content (AvgIpc) is 2.47. The molecule has 20 heavy (non-hydrogen) atoms. The summed E-state index contributed by atoms with van der Waals surface area (Å²) in [5.41, 5.74) is 7.08. The topological polar surface area (TPSA) is 77.7 Å². The molecule has 1 aromatic rings. The van der Waals surface area contributed by atoms with Crippen LogP contribution in [-0.2, 0) is 14.3 Å². The highest BCUT2D eigenvalue weighted by atomic mass is 32.1. The van der Waals surface area contributed by atoms with E-state index in [0.29, 0.717) is 18.8 Å². The van der Waals surface area contributed by atoms with Crippen LogP contribution < -0.4 is 10.6 Å². The van der Waals surface area contributed by atoms with E-state index >= 15 is 0 Å². The zero-order valence-corrected chi connectivity index (χ0v) is 12.1. The molecule has 1 aliphatic rings. The SMILES string of the molecule is COC(=O)CC1CN(c2ccc(C(N)=S)nc2)CCO1. The van der Waals surface area contributed by atoms with Gasteiger partial charge in [0.1, 0.15) is 4.99 Å². The number of nitrogens with two attached hydrogens (primary N) is 1. The lowest BCUT2D eigenvalue weighted by Crippen LogP contribution is -2.43.